The molecule has 0 fully saturated rings. The summed E-state index contributed by atoms with van der Waals surface area (Å²) in [6.45, 7) is 20.4. The SMILES string of the molecule is CC(C)C(C)(C)COCC(C)(C)CC(=O)C(C)(C)C. The normalized spacial score (nSPS) is 14.0. The van der Waals surface area contributed by atoms with E-state index in [1.165, 1.54) is 0 Å². The molecule has 0 aliphatic heterocycles. The maximum absolute atomic E-state index is 12.1. The molecule has 0 radical (unpaired) electrons. The Kier molecular flexibility index (Phi) is 6.26. The lowest BCUT2D eigenvalue weighted by Crippen LogP contribution is -2.32. The number of carbonyl (C=O) groups excluding carboxylic acids is 1. The summed E-state index contributed by atoms with van der Waals surface area (Å²) in [6, 6.07) is 0. The van der Waals surface area contributed by atoms with Gasteiger partial charge in [-0.2, -0.15) is 0 Å². The molecule has 0 rings (SSSR count). The van der Waals surface area contributed by atoms with Crippen LogP contribution < -0.4 is 0 Å². The lowest BCUT2D eigenvalue weighted by Gasteiger charge is -2.32. The highest BCUT2D eigenvalue weighted by Gasteiger charge is 2.30. The van der Waals surface area contributed by atoms with Gasteiger partial charge in [0.15, 0.2) is 0 Å². The molecule has 0 saturated heterocycles. The summed E-state index contributed by atoms with van der Waals surface area (Å²) in [5.74, 6) is 0.899. The number of ether oxygens (including phenoxy) is 1. The second kappa shape index (κ2) is 6.39. The van der Waals surface area contributed by atoms with E-state index in [1.54, 1.807) is 0 Å². The molecular weight excluding hydrogens is 236 g/mol. The Balaban J connectivity index is 4.29. The van der Waals surface area contributed by atoms with Crippen LogP contribution in [0.5, 0.6) is 0 Å². The third-order valence-electron chi connectivity index (χ3n) is 4.01. The van der Waals surface area contributed by atoms with Gasteiger partial charge in [-0.1, -0.05) is 62.3 Å². The van der Waals surface area contributed by atoms with Crippen LogP contribution in [-0.2, 0) is 9.53 Å². The van der Waals surface area contributed by atoms with E-state index >= 15 is 0 Å². The summed E-state index contributed by atoms with van der Waals surface area (Å²) < 4.78 is 5.89. The average molecular weight is 270 g/mol. The largest absolute Gasteiger partial charge is 0.380 e. The molecule has 0 aromatic rings. The Morgan fingerprint density at radius 2 is 1.42 bits per heavy atom. The molecular formula is C17H34O2. The second-order valence-electron chi connectivity index (χ2n) is 8.65. The quantitative estimate of drug-likeness (QED) is 0.669. The highest BCUT2D eigenvalue weighted by Crippen LogP contribution is 2.30. The van der Waals surface area contributed by atoms with Crippen molar-refractivity contribution in [3.8, 4) is 0 Å². The predicted octanol–water partition coefficient (Wildman–Crippen LogP) is 4.72. The molecule has 0 aliphatic carbocycles. The van der Waals surface area contributed by atoms with E-state index < -0.39 is 0 Å². The van der Waals surface area contributed by atoms with Gasteiger partial charge in [-0.3, -0.25) is 4.79 Å². The number of carbonyl (C=O) groups is 1. The van der Waals surface area contributed by atoms with Gasteiger partial charge in [-0.15, -0.1) is 0 Å². The lowest BCUT2D eigenvalue weighted by atomic mass is 9.79. The minimum atomic E-state index is -0.255. The monoisotopic (exact) mass is 270 g/mol. The molecule has 2 heteroatoms. The fourth-order valence-corrected chi connectivity index (χ4v) is 1.51. The first-order chi connectivity index (χ1) is 8.28. The smallest absolute Gasteiger partial charge is 0.138 e. The van der Waals surface area contributed by atoms with Gasteiger partial charge in [0.25, 0.3) is 0 Å². The van der Waals surface area contributed by atoms with Crippen LogP contribution in [0.4, 0.5) is 0 Å². The first-order valence-electron chi connectivity index (χ1n) is 7.39. The summed E-state index contributed by atoms with van der Waals surface area (Å²) in [4.78, 5) is 12.1. The Morgan fingerprint density at radius 3 is 1.79 bits per heavy atom. The van der Waals surface area contributed by atoms with E-state index in [1.807, 2.05) is 20.8 Å². The van der Waals surface area contributed by atoms with E-state index in [4.69, 9.17) is 4.74 Å². The van der Waals surface area contributed by atoms with Crippen LogP contribution in [0, 0.1) is 22.2 Å². The van der Waals surface area contributed by atoms with Gasteiger partial charge in [0, 0.05) is 11.8 Å². The molecule has 0 spiro atoms. The van der Waals surface area contributed by atoms with Crippen molar-refractivity contribution in [1.82, 2.24) is 0 Å². The molecule has 0 unspecified atom stereocenters. The number of hydrogen-bond acceptors (Lipinski definition) is 2. The van der Waals surface area contributed by atoms with E-state index in [2.05, 4.69) is 41.5 Å². The molecule has 0 N–H and O–H groups in total. The predicted molar refractivity (Wildman–Crippen MR) is 82.3 cm³/mol. The van der Waals surface area contributed by atoms with Crippen molar-refractivity contribution in [2.75, 3.05) is 13.2 Å². The van der Waals surface area contributed by atoms with Crippen molar-refractivity contribution in [2.45, 2.75) is 68.7 Å². The standard InChI is InChI=1S/C17H34O2/c1-13(2)17(8,9)12-19-11-16(6,7)10-14(18)15(3,4)5/h13H,10-12H2,1-9H3. The first kappa shape index (κ1) is 18.6. The zero-order valence-corrected chi connectivity index (χ0v) is 14.5. The third-order valence-corrected chi connectivity index (χ3v) is 4.01. The highest BCUT2D eigenvalue weighted by molar-refractivity contribution is 5.84. The molecule has 0 saturated carbocycles. The molecule has 0 bridgehead atoms. The second-order valence-corrected chi connectivity index (χ2v) is 8.65. The summed E-state index contributed by atoms with van der Waals surface area (Å²) in [6.07, 6.45) is 0.582. The van der Waals surface area contributed by atoms with Crippen molar-refractivity contribution in [3.05, 3.63) is 0 Å². The van der Waals surface area contributed by atoms with Gasteiger partial charge < -0.3 is 4.74 Å². The molecule has 19 heavy (non-hydrogen) atoms. The fraction of sp³-hybridized carbons (Fsp3) is 0.941. The van der Waals surface area contributed by atoms with Crippen LogP contribution in [0.2, 0.25) is 0 Å². The first-order valence-corrected chi connectivity index (χ1v) is 7.39. The van der Waals surface area contributed by atoms with Gasteiger partial charge in [-0.05, 0) is 16.7 Å². The summed E-state index contributed by atoms with van der Waals surface area (Å²) in [7, 11) is 0. The molecule has 0 heterocycles. The van der Waals surface area contributed by atoms with Crippen molar-refractivity contribution in [1.29, 1.82) is 0 Å². The number of hydrogen-bond donors (Lipinski definition) is 0. The van der Waals surface area contributed by atoms with Gasteiger partial charge in [0.2, 0.25) is 0 Å². The van der Waals surface area contributed by atoms with Crippen LogP contribution in [0.3, 0.4) is 0 Å². The van der Waals surface area contributed by atoms with E-state index in [0.29, 0.717) is 24.7 Å². The summed E-state index contributed by atoms with van der Waals surface area (Å²) in [5, 5.41) is 0. The molecule has 0 atom stereocenters. The van der Waals surface area contributed by atoms with Crippen LogP contribution in [0.1, 0.15) is 68.7 Å². The highest BCUT2D eigenvalue weighted by atomic mass is 16.5. The van der Waals surface area contributed by atoms with E-state index in [-0.39, 0.29) is 16.2 Å². The minimum Gasteiger partial charge on any atom is -0.380 e. The summed E-state index contributed by atoms with van der Waals surface area (Å²) in [5.41, 5.74) is -0.157. The zero-order chi connectivity index (χ0) is 15.5. The third kappa shape index (κ3) is 7.10. The maximum Gasteiger partial charge on any atom is 0.138 e. The van der Waals surface area contributed by atoms with Crippen molar-refractivity contribution >= 4 is 5.78 Å². The molecule has 0 aromatic heterocycles. The Bertz CT molecular complexity index is 293. The van der Waals surface area contributed by atoms with Gasteiger partial charge in [-0.25, -0.2) is 0 Å². The van der Waals surface area contributed by atoms with Crippen LogP contribution in [0.15, 0.2) is 0 Å². The van der Waals surface area contributed by atoms with Crippen molar-refractivity contribution in [2.24, 2.45) is 22.2 Å². The molecule has 0 aromatic carbocycles. The lowest BCUT2D eigenvalue weighted by molar-refractivity contribution is -0.129. The van der Waals surface area contributed by atoms with Gasteiger partial charge in [0.05, 0.1) is 13.2 Å². The van der Waals surface area contributed by atoms with Crippen LogP contribution >= 0.6 is 0 Å². The topological polar surface area (TPSA) is 26.3 Å². The van der Waals surface area contributed by atoms with Crippen molar-refractivity contribution < 1.29 is 9.53 Å². The molecule has 114 valence electrons. The maximum atomic E-state index is 12.1. The van der Waals surface area contributed by atoms with Crippen molar-refractivity contribution in [3.63, 3.8) is 0 Å². The minimum absolute atomic E-state index is 0.0859. The molecule has 0 aliphatic rings. The average Bonchev–Trinajstić information content (AvgIpc) is 2.13. The van der Waals surface area contributed by atoms with Gasteiger partial charge >= 0.3 is 0 Å². The van der Waals surface area contributed by atoms with Gasteiger partial charge in [0.1, 0.15) is 5.78 Å². The van der Waals surface area contributed by atoms with Crippen LogP contribution in [0.25, 0.3) is 0 Å². The number of Topliss-reactive ketones (excluding diaryl/α,β-unsaturated/α-hetero) is 1. The molecule has 0 amide bonds. The number of rotatable bonds is 7. The Hall–Kier alpha value is -0.370. The Morgan fingerprint density at radius 1 is 0.947 bits per heavy atom. The summed E-state index contributed by atoms with van der Waals surface area (Å²) >= 11 is 0. The Labute approximate surface area is 120 Å². The zero-order valence-electron chi connectivity index (χ0n) is 14.5. The van der Waals surface area contributed by atoms with E-state index in [9.17, 15) is 4.79 Å². The number of ketones is 1. The van der Waals surface area contributed by atoms with E-state index in [0.717, 1.165) is 6.61 Å². The molecule has 2 nitrogen and oxygen atoms in total. The van der Waals surface area contributed by atoms with Crippen LogP contribution in [-0.4, -0.2) is 19.0 Å². The fourth-order valence-electron chi connectivity index (χ4n) is 1.51.